The first-order chi connectivity index (χ1) is 10.4. The third-order valence-corrected chi connectivity index (χ3v) is 5.48. The van der Waals surface area contributed by atoms with Crippen LogP contribution in [0.25, 0.3) is 0 Å². The largest absolute Gasteiger partial charge is 0.298 e. The van der Waals surface area contributed by atoms with Crippen LogP contribution in [-0.4, -0.2) is 41.0 Å². The fourth-order valence-electron chi connectivity index (χ4n) is 3.84. The Kier molecular flexibility index (Phi) is 3.76. The number of aromatic nitrogens is 1. The number of fused-ring (bicyclic) bond motifs is 1. The molecular formula is C17H21N3S. The second kappa shape index (κ2) is 5.87. The van der Waals surface area contributed by atoms with Crippen molar-refractivity contribution in [2.24, 2.45) is 11.8 Å². The molecule has 4 heterocycles. The van der Waals surface area contributed by atoms with Crippen LogP contribution < -0.4 is 0 Å². The Labute approximate surface area is 130 Å². The first kappa shape index (κ1) is 13.4. The van der Waals surface area contributed by atoms with Crippen molar-refractivity contribution in [1.82, 2.24) is 14.8 Å². The van der Waals surface area contributed by atoms with Crippen LogP contribution >= 0.6 is 11.3 Å². The van der Waals surface area contributed by atoms with Crippen LogP contribution in [0.2, 0.25) is 0 Å². The van der Waals surface area contributed by atoms with E-state index in [9.17, 15) is 0 Å². The van der Waals surface area contributed by atoms with Gasteiger partial charge in [-0.2, -0.15) is 11.3 Å². The summed E-state index contributed by atoms with van der Waals surface area (Å²) in [6.45, 7) is 7.23. The number of pyridine rings is 1. The summed E-state index contributed by atoms with van der Waals surface area (Å²) in [4.78, 5) is 9.46. The maximum Gasteiger partial charge on any atom is 0.0312 e. The highest BCUT2D eigenvalue weighted by molar-refractivity contribution is 7.07. The lowest BCUT2D eigenvalue weighted by Gasteiger charge is -2.21. The number of hydrogen-bond acceptors (Lipinski definition) is 4. The maximum atomic E-state index is 4.22. The zero-order valence-electron chi connectivity index (χ0n) is 12.2. The summed E-state index contributed by atoms with van der Waals surface area (Å²) in [5, 5.41) is 4.46. The van der Waals surface area contributed by atoms with Crippen LogP contribution in [0.3, 0.4) is 0 Å². The summed E-state index contributed by atoms with van der Waals surface area (Å²) in [7, 11) is 0. The minimum Gasteiger partial charge on any atom is -0.298 e. The van der Waals surface area contributed by atoms with Crippen molar-refractivity contribution in [1.29, 1.82) is 0 Å². The molecule has 2 aliphatic heterocycles. The molecule has 0 amide bonds. The lowest BCUT2D eigenvalue weighted by atomic mass is 10.0. The average Bonchev–Trinajstić information content (AvgIpc) is 3.17. The summed E-state index contributed by atoms with van der Waals surface area (Å²) >= 11 is 1.81. The number of nitrogens with zero attached hydrogens (tertiary/aromatic N) is 3. The molecule has 2 aliphatic rings. The van der Waals surface area contributed by atoms with E-state index in [4.69, 9.17) is 0 Å². The normalized spacial score (nSPS) is 26.3. The smallest absolute Gasteiger partial charge is 0.0312 e. The number of rotatable bonds is 4. The Morgan fingerprint density at radius 1 is 1.00 bits per heavy atom. The van der Waals surface area contributed by atoms with Crippen LogP contribution in [0, 0.1) is 11.8 Å². The van der Waals surface area contributed by atoms with Crippen molar-refractivity contribution in [3.63, 3.8) is 0 Å². The van der Waals surface area contributed by atoms with Gasteiger partial charge in [-0.3, -0.25) is 14.8 Å². The molecule has 0 aromatic carbocycles. The fraction of sp³-hybridized carbons (Fsp3) is 0.471. The molecule has 3 nitrogen and oxygen atoms in total. The minimum atomic E-state index is 0.861. The summed E-state index contributed by atoms with van der Waals surface area (Å²) in [6.07, 6.45) is 3.85. The van der Waals surface area contributed by atoms with Gasteiger partial charge in [0.05, 0.1) is 0 Å². The molecule has 0 spiro atoms. The Balaban J connectivity index is 1.31. The van der Waals surface area contributed by atoms with Gasteiger partial charge in [-0.05, 0) is 45.9 Å². The van der Waals surface area contributed by atoms with E-state index in [-0.39, 0.29) is 0 Å². The molecule has 4 heteroatoms. The van der Waals surface area contributed by atoms with Crippen molar-refractivity contribution in [3.8, 4) is 0 Å². The SMILES string of the molecule is c1cncc(CN2C[C@H]3CN(Cc4ccsc4)C[C@@H]3C2)c1. The molecule has 0 N–H and O–H groups in total. The quantitative estimate of drug-likeness (QED) is 0.865. The van der Waals surface area contributed by atoms with Gasteiger partial charge in [-0.1, -0.05) is 6.07 Å². The summed E-state index contributed by atoms with van der Waals surface area (Å²) in [5.74, 6) is 1.72. The fourth-order valence-corrected chi connectivity index (χ4v) is 4.50. The molecule has 0 bridgehead atoms. The Morgan fingerprint density at radius 2 is 1.71 bits per heavy atom. The average molecular weight is 299 g/mol. The summed E-state index contributed by atoms with van der Waals surface area (Å²) in [5.41, 5.74) is 2.82. The van der Waals surface area contributed by atoms with E-state index in [0.29, 0.717) is 0 Å². The molecular weight excluding hydrogens is 278 g/mol. The lowest BCUT2D eigenvalue weighted by Crippen LogP contribution is -2.28. The van der Waals surface area contributed by atoms with Crippen LogP contribution in [-0.2, 0) is 13.1 Å². The first-order valence-corrected chi connectivity index (χ1v) is 8.66. The molecule has 21 heavy (non-hydrogen) atoms. The number of likely N-dealkylation sites (tertiary alicyclic amines) is 2. The standard InChI is InChI=1S/C17H21N3S/c1-2-14(6-18-4-1)7-19-9-16-11-20(12-17(16)10-19)8-15-3-5-21-13-15/h1-6,13,16-17H,7-12H2/t16-,17-/m0/s1. The molecule has 0 aliphatic carbocycles. The highest BCUT2D eigenvalue weighted by atomic mass is 32.1. The van der Waals surface area contributed by atoms with Gasteiger partial charge in [0.15, 0.2) is 0 Å². The maximum absolute atomic E-state index is 4.22. The molecule has 0 radical (unpaired) electrons. The van der Waals surface area contributed by atoms with Gasteiger partial charge in [0, 0.05) is 51.7 Å². The molecule has 0 unspecified atom stereocenters. The summed E-state index contributed by atoms with van der Waals surface area (Å²) in [6, 6.07) is 6.48. The molecule has 2 saturated heterocycles. The molecule has 0 saturated carbocycles. The van der Waals surface area contributed by atoms with Crippen LogP contribution in [0.4, 0.5) is 0 Å². The predicted molar refractivity (Wildman–Crippen MR) is 86.1 cm³/mol. The van der Waals surface area contributed by atoms with Gasteiger partial charge in [0.1, 0.15) is 0 Å². The molecule has 110 valence electrons. The van der Waals surface area contributed by atoms with Crippen LogP contribution in [0.5, 0.6) is 0 Å². The molecule has 2 atom stereocenters. The van der Waals surface area contributed by atoms with E-state index in [1.165, 1.54) is 37.3 Å². The van der Waals surface area contributed by atoms with E-state index in [2.05, 4.69) is 37.7 Å². The van der Waals surface area contributed by atoms with Crippen LogP contribution in [0.15, 0.2) is 41.4 Å². The van der Waals surface area contributed by atoms with E-state index < -0.39 is 0 Å². The molecule has 2 aromatic rings. The minimum absolute atomic E-state index is 0.861. The lowest BCUT2D eigenvalue weighted by molar-refractivity contribution is 0.246. The van der Waals surface area contributed by atoms with Gasteiger partial charge < -0.3 is 0 Å². The van der Waals surface area contributed by atoms with E-state index in [1.807, 2.05) is 18.5 Å². The van der Waals surface area contributed by atoms with E-state index in [1.54, 1.807) is 11.3 Å². The zero-order chi connectivity index (χ0) is 14.1. The van der Waals surface area contributed by atoms with Crippen molar-refractivity contribution in [2.45, 2.75) is 13.1 Å². The molecule has 2 aromatic heterocycles. The third-order valence-electron chi connectivity index (χ3n) is 4.75. The number of thiophene rings is 1. The highest BCUT2D eigenvalue weighted by Gasteiger charge is 2.39. The topological polar surface area (TPSA) is 19.4 Å². The third kappa shape index (κ3) is 3.03. The van der Waals surface area contributed by atoms with Crippen molar-refractivity contribution < 1.29 is 0 Å². The molecule has 4 rings (SSSR count). The van der Waals surface area contributed by atoms with Gasteiger partial charge >= 0.3 is 0 Å². The highest BCUT2D eigenvalue weighted by Crippen LogP contribution is 2.32. The predicted octanol–water partition coefficient (Wildman–Crippen LogP) is 2.71. The van der Waals surface area contributed by atoms with Gasteiger partial charge in [-0.25, -0.2) is 0 Å². The Hall–Kier alpha value is -1.23. The van der Waals surface area contributed by atoms with Gasteiger partial charge in [-0.15, -0.1) is 0 Å². The van der Waals surface area contributed by atoms with Gasteiger partial charge in [0.2, 0.25) is 0 Å². The van der Waals surface area contributed by atoms with Crippen molar-refractivity contribution in [2.75, 3.05) is 26.2 Å². The second-order valence-electron chi connectivity index (χ2n) is 6.40. The van der Waals surface area contributed by atoms with Crippen molar-refractivity contribution in [3.05, 3.63) is 52.5 Å². The molecule has 2 fully saturated rings. The Morgan fingerprint density at radius 3 is 2.29 bits per heavy atom. The zero-order valence-corrected chi connectivity index (χ0v) is 13.0. The monoisotopic (exact) mass is 299 g/mol. The van der Waals surface area contributed by atoms with Gasteiger partial charge in [0.25, 0.3) is 0 Å². The van der Waals surface area contributed by atoms with Crippen LogP contribution in [0.1, 0.15) is 11.1 Å². The van der Waals surface area contributed by atoms with Crippen molar-refractivity contribution >= 4 is 11.3 Å². The van der Waals surface area contributed by atoms with E-state index in [0.717, 1.165) is 24.9 Å². The Bertz CT molecular complexity index is 555. The number of hydrogen-bond donors (Lipinski definition) is 0. The summed E-state index contributed by atoms with van der Waals surface area (Å²) < 4.78 is 0. The van der Waals surface area contributed by atoms with E-state index >= 15 is 0 Å². The second-order valence-corrected chi connectivity index (χ2v) is 7.18. The first-order valence-electron chi connectivity index (χ1n) is 7.71.